The van der Waals surface area contributed by atoms with Gasteiger partial charge in [-0.15, -0.1) is 0 Å². The SMILES string of the molecule is N#CC1(c2ccc(NCCCCNc3cc4c(cc3F)C(=O)N(C3CCC(=O)NC3O)C4=O)cc2)CC1. The Balaban J connectivity index is 1.12. The van der Waals surface area contributed by atoms with Gasteiger partial charge < -0.3 is 21.1 Å². The number of piperidine rings is 1. The number of unbranched alkanes of at least 4 members (excludes halogenated alkanes) is 1. The number of amides is 3. The first kappa shape index (κ1) is 24.7. The van der Waals surface area contributed by atoms with Crippen LogP contribution in [0.25, 0.3) is 0 Å². The number of benzene rings is 2. The highest BCUT2D eigenvalue weighted by Crippen LogP contribution is 2.47. The van der Waals surface area contributed by atoms with Crippen LogP contribution in [0.15, 0.2) is 36.4 Å². The number of carbonyl (C=O) groups excluding carboxylic acids is 3. The number of anilines is 2. The second-order valence-electron chi connectivity index (χ2n) is 9.81. The predicted octanol–water partition coefficient (Wildman–Crippen LogP) is 2.88. The minimum absolute atomic E-state index is 0.0465. The standard InChI is InChI=1S/C27H28FN5O4/c28-20-13-18-19(26(37)33(25(18)36)22-7-8-23(34)32-24(22)35)14-21(20)31-12-2-1-11-30-17-5-3-16(4-6-17)27(15-29)9-10-27/h3-6,13-14,22,24,30-31,35H,1-2,7-12H2,(H,32,34). The van der Waals surface area contributed by atoms with E-state index in [4.69, 9.17) is 0 Å². The van der Waals surface area contributed by atoms with E-state index >= 15 is 0 Å². The maximum atomic E-state index is 14.7. The minimum Gasteiger partial charge on any atom is -0.385 e. The molecule has 1 saturated heterocycles. The van der Waals surface area contributed by atoms with Crippen molar-refractivity contribution in [1.29, 1.82) is 5.26 Å². The van der Waals surface area contributed by atoms with E-state index in [1.165, 1.54) is 6.07 Å². The van der Waals surface area contributed by atoms with Gasteiger partial charge in [0.1, 0.15) is 12.0 Å². The van der Waals surface area contributed by atoms with Crippen LogP contribution in [-0.4, -0.2) is 53.1 Å². The molecule has 1 aliphatic carbocycles. The predicted molar refractivity (Wildman–Crippen MR) is 133 cm³/mol. The summed E-state index contributed by atoms with van der Waals surface area (Å²) in [5, 5.41) is 28.1. The van der Waals surface area contributed by atoms with Gasteiger partial charge in [0.25, 0.3) is 11.8 Å². The van der Waals surface area contributed by atoms with E-state index in [1.54, 1.807) is 0 Å². The van der Waals surface area contributed by atoms with Crippen LogP contribution in [0.4, 0.5) is 15.8 Å². The number of hydrogen-bond donors (Lipinski definition) is 4. The molecule has 3 amide bonds. The Labute approximate surface area is 213 Å². The number of nitrogens with zero attached hydrogens (tertiary/aromatic N) is 2. The number of fused-ring (bicyclic) bond motifs is 1. The quantitative estimate of drug-likeness (QED) is 0.304. The zero-order valence-electron chi connectivity index (χ0n) is 20.2. The van der Waals surface area contributed by atoms with E-state index in [9.17, 15) is 29.1 Å². The fourth-order valence-corrected chi connectivity index (χ4v) is 4.96. The summed E-state index contributed by atoms with van der Waals surface area (Å²) in [4.78, 5) is 38.1. The summed E-state index contributed by atoms with van der Waals surface area (Å²) < 4.78 is 14.7. The molecule has 2 fully saturated rings. The van der Waals surface area contributed by atoms with Crippen LogP contribution in [0.3, 0.4) is 0 Å². The highest BCUT2D eigenvalue weighted by atomic mass is 19.1. The van der Waals surface area contributed by atoms with Crippen LogP contribution in [0.5, 0.6) is 0 Å². The van der Waals surface area contributed by atoms with Gasteiger partial charge in [-0.25, -0.2) is 4.39 Å². The Morgan fingerprint density at radius 2 is 1.70 bits per heavy atom. The molecule has 4 N–H and O–H groups in total. The molecule has 2 unspecified atom stereocenters. The van der Waals surface area contributed by atoms with Crippen molar-refractivity contribution < 1.29 is 23.9 Å². The van der Waals surface area contributed by atoms with Gasteiger partial charge >= 0.3 is 0 Å². The highest BCUT2D eigenvalue weighted by Gasteiger charge is 2.45. The number of aliphatic hydroxyl groups is 1. The van der Waals surface area contributed by atoms with Gasteiger partial charge in [0.15, 0.2) is 0 Å². The molecule has 10 heteroatoms. The van der Waals surface area contributed by atoms with Crippen LogP contribution in [-0.2, 0) is 10.2 Å². The van der Waals surface area contributed by atoms with E-state index < -0.39 is 29.9 Å². The molecular formula is C27H28FN5O4. The molecule has 192 valence electrons. The third kappa shape index (κ3) is 4.74. The number of halogens is 1. The molecule has 0 spiro atoms. The maximum absolute atomic E-state index is 14.7. The topological polar surface area (TPSA) is 135 Å². The van der Waals surface area contributed by atoms with Gasteiger partial charge in [0.2, 0.25) is 5.91 Å². The zero-order chi connectivity index (χ0) is 26.2. The maximum Gasteiger partial charge on any atom is 0.262 e. The second-order valence-corrected chi connectivity index (χ2v) is 9.81. The number of imide groups is 1. The van der Waals surface area contributed by atoms with Gasteiger partial charge in [-0.2, -0.15) is 5.26 Å². The number of nitrogens with one attached hydrogen (secondary N) is 3. The van der Waals surface area contributed by atoms with Gasteiger partial charge in [0.05, 0.1) is 34.3 Å². The molecule has 5 rings (SSSR count). The Morgan fingerprint density at radius 3 is 2.32 bits per heavy atom. The van der Waals surface area contributed by atoms with Crippen molar-refractivity contribution in [3.63, 3.8) is 0 Å². The van der Waals surface area contributed by atoms with Crippen molar-refractivity contribution >= 4 is 29.1 Å². The average molecular weight is 506 g/mol. The average Bonchev–Trinajstić information content (AvgIpc) is 3.65. The summed E-state index contributed by atoms with van der Waals surface area (Å²) >= 11 is 0. The zero-order valence-corrected chi connectivity index (χ0v) is 20.2. The van der Waals surface area contributed by atoms with Crippen LogP contribution in [0, 0.1) is 17.1 Å². The van der Waals surface area contributed by atoms with Crippen molar-refractivity contribution in [3.05, 3.63) is 58.9 Å². The summed E-state index contributed by atoms with van der Waals surface area (Å²) in [6.07, 6.45) is 2.26. The summed E-state index contributed by atoms with van der Waals surface area (Å²) in [6.45, 7) is 1.19. The molecule has 2 aliphatic heterocycles. The van der Waals surface area contributed by atoms with Crippen LogP contribution >= 0.6 is 0 Å². The number of aliphatic hydroxyl groups excluding tert-OH is 1. The van der Waals surface area contributed by atoms with E-state index in [0.717, 1.165) is 54.4 Å². The van der Waals surface area contributed by atoms with Crippen molar-refractivity contribution in [2.45, 2.75) is 56.2 Å². The Morgan fingerprint density at radius 1 is 1.05 bits per heavy atom. The molecule has 9 nitrogen and oxygen atoms in total. The van der Waals surface area contributed by atoms with Crippen molar-refractivity contribution in [3.8, 4) is 6.07 Å². The van der Waals surface area contributed by atoms with Crippen molar-refractivity contribution in [2.75, 3.05) is 23.7 Å². The summed E-state index contributed by atoms with van der Waals surface area (Å²) in [7, 11) is 0. The van der Waals surface area contributed by atoms with Gasteiger partial charge in [-0.3, -0.25) is 19.3 Å². The summed E-state index contributed by atoms with van der Waals surface area (Å²) in [5.41, 5.74) is 1.91. The fourth-order valence-electron chi connectivity index (χ4n) is 4.96. The monoisotopic (exact) mass is 505 g/mol. The van der Waals surface area contributed by atoms with Crippen LogP contribution < -0.4 is 16.0 Å². The smallest absolute Gasteiger partial charge is 0.262 e. The van der Waals surface area contributed by atoms with E-state index in [-0.39, 0.29) is 41.0 Å². The lowest BCUT2D eigenvalue weighted by atomic mass is 9.98. The lowest BCUT2D eigenvalue weighted by Crippen LogP contribution is -2.57. The normalized spacial score (nSPS) is 21.8. The Kier molecular flexibility index (Phi) is 6.56. The van der Waals surface area contributed by atoms with Gasteiger partial charge in [0, 0.05) is 25.2 Å². The van der Waals surface area contributed by atoms with E-state index in [2.05, 4.69) is 22.0 Å². The van der Waals surface area contributed by atoms with Crippen molar-refractivity contribution in [1.82, 2.24) is 10.2 Å². The molecule has 1 saturated carbocycles. The molecule has 37 heavy (non-hydrogen) atoms. The van der Waals surface area contributed by atoms with Gasteiger partial charge in [-0.1, -0.05) is 12.1 Å². The lowest BCUT2D eigenvalue weighted by molar-refractivity contribution is -0.129. The first-order valence-corrected chi connectivity index (χ1v) is 12.5. The molecule has 3 aliphatic rings. The second kappa shape index (κ2) is 9.82. The minimum atomic E-state index is -1.36. The molecular weight excluding hydrogens is 477 g/mol. The Hall–Kier alpha value is -3.97. The first-order valence-electron chi connectivity index (χ1n) is 12.5. The highest BCUT2D eigenvalue weighted by molar-refractivity contribution is 6.22. The molecule has 0 bridgehead atoms. The molecule has 0 radical (unpaired) electrons. The molecule has 2 aromatic rings. The number of hydrogen-bond acceptors (Lipinski definition) is 7. The Bertz CT molecular complexity index is 1280. The number of rotatable bonds is 9. The van der Waals surface area contributed by atoms with Crippen LogP contribution in [0.1, 0.15) is 64.8 Å². The molecule has 2 atom stereocenters. The van der Waals surface area contributed by atoms with Crippen LogP contribution in [0.2, 0.25) is 0 Å². The van der Waals surface area contributed by atoms with Gasteiger partial charge in [-0.05, 0) is 61.9 Å². The molecule has 2 heterocycles. The number of carbonyl (C=O) groups is 3. The first-order chi connectivity index (χ1) is 17.8. The molecule has 2 aromatic carbocycles. The number of nitriles is 1. The van der Waals surface area contributed by atoms with E-state index in [1.807, 2.05) is 24.3 Å². The molecule has 0 aromatic heterocycles. The largest absolute Gasteiger partial charge is 0.385 e. The summed E-state index contributed by atoms with van der Waals surface area (Å²) in [6, 6.07) is 11.8. The third-order valence-electron chi connectivity index (χ3n) is 7.33. The lowest BCUT2D eigenvalue weighted by Gasteiger charge is -2.33. The summed E-state index contributed by atoms with van der Waals surface area (Å²) in [5.74, 6) is -2.28. The fraction of sp³-hybridized carbons (Fsp3) is 0.407. The van der Waals surface area contributed by atoms with E-state index in [0.29, 0.717) is 6.54 Å². The van der Waals surface area contributed by atoms with Crippen molar-refractivity contribution in [2.24, 2.45) is 0 Å². The third-order valence-corrected chi connectivity index (χ3v) is 7.33.